The average Bonchev–Trinajstić information content (AvgIpc) is 3.11. The highest BCUT2D eigenvalue weighted by Gasteiger charge is 2.40. The van der Waals surface area contributed by atoms with Crippen molar-refractivity contribution in [2.45, 2.75) is 44.6 Å². The van der Waals surface area contributed by atoms with Gasteiger partial charge in [0.1, 0.15) is 11.4 Å². The molecule has 1 fully saturated rings. The zero-order chi connectivity index (χ0) is 17.9. The van der Waals surface area contributed by atoms with E-state index < -0.39 is 5.60 Å². The fraction of sp³-hybridized carbons (Fsp3) is 0.429. The minimum absolute atomic E-state index is 0.0683. The maximum absolute atomic E-state index is 11.3. The van der Waals surface area contributed by atoms with Crippen molar-refractivity contribution in [3.05, 3.63) is 65.2 Å². The molecule has 1 aliphatic rings. The Hall–Kier alpha value is -1.88. The van der Waals surface area contributed by atoms with Crippen molar-refractivity contribution in [2.75, 3.05) is 13.7 Å². The summed E-state index contributed by atoms with van der Waals surface area (Å²) < 4.78 is 5.22. The fourth-order valence-electron chi connectivity index (χ4n) is 3.76. The molecule has 0 spiro atoms. The lowest BCUT2D eigenvalue weighted by molar-refractivity contribution is -0.0254. The zero-order valence-electron chi connectivity index (χ0n) is 15.0. The van der Waals surface area contributed by atoms with Crippen molar-refractivity contribution >= 4 is 0 Å². The third-order valence-electron chi connectivity index (χ3n) is 5.28. The van der Waals surface area contributed by atoms with E-state index >= 15 is 0 Å². The van der Waals surface area contributed by atoms with Crippen LogP contribution in [-0.2, 0) is 18.8 Å². The predicted octanol–water partition coefficient (Wildman–Crippen LogP) is 3.06. The maximum atomic E-state index is 11.3. The van der Waals surface area contributed by atoms with E-state index in [1.807, 2.05) is 43.3 Å². The number of ether oxygens (including phenoxy) is 1. The normalized spacial score (nSPS) is 20.4. The van der Waals surface area contributed by atoms with Crippen LogP contribution in [-0.4, -0.2) is 34.8 Å². The minimum Gasteiger partial charge on any atom is -0.497 e. The van der Waals surface area contributed by atoms with Crippen molar-refractivity contribution in [1.29, 1.82) is 0 Å². The van der Waals surface area contributed by atoms with Crippen LogP contribution < -0.4 is 4.74 Å². The molecule has 1 aliphatic heterocycles. The molecule has 0 saturated carbocycles. The van der Waals surface area contributed by atoms with Gasteiger partial charge in [0, 0.05) is 12.6 Å². The van der Waals surface area contributed by atoms with E-state index in [9.17, 15) is 10.2 Å². The highest BCUT2D eigenvalue weighted by Crippen LogP contribution is 2.36. The zero-order valence-corrected chi connectivity index (χ0v) is 15.0. The molecule has 25 heavy (non-hydrogen) atoms. The maximum Gasteiger partial charge on any atom is 0.118 e. The molecule has 134 valence electrons. The van der Waals surface area contributed by atoms with Crippen molar-refractivity contribution < 1.29 is 14.9 Å². The first-order chi connectivity index (χ1) is 12.0. The lowest BCUT2D eigenvalue weighted by atomic mass is 9.86. The van der Waals surface area contributed by atoms with E-state index in [4.69, 9.17) is 4.74 Å². The molecule has 0 amide bonds. The Morgan fingerprint density at radius 2 is 1.72 bits per heavy atom. The Kier molecular flexibility index (Phi) is 5.42. The Morgan fingerprint density at radius 1 is 1.08 bits per heavy atom. The van der Waals surface area contributed by atoms with Gasteiger partial charge in [-0.25, -0.2) is 0 Å². The first-order valence-corrected chi connectivity index (χ1v) is 8.84. The van der Waals surface area contributed by atoms with Crippen LogP contribution >= 0.6 is 0 Å². The van der Waals surface area contributed by atoms with Crippen LogP contribution in [0.25, 0.3) is 0 Å². The summed E-state index contributed by atoms with van der Waals surface area (Å²) in [5.41, 5.74) is 2.13. The third-order valence-corrected chi connectivity index (χ3v) is 5.28. The molecular weight excluding hydrogens is 314 g/mol. The van der Waals surface area contributed by atoms with Gasteiger partial charge in [-0.2, -0.15) is 0 Å². The quantitative estimate of drug-likeness (QED) is 0.848. The van der Waals surface area contributed by atoms with Crippen LogP contribution in [0.4, 0.5) is 0 Å². The van der Waals surface area contributed by atoms with Gasteiger partial charge in [-0.1, -0.05) is 36.4 Å². The molecule has 0 bridgehead atoms. The van der Waals surface area contributed by atoms with Crippen LogP contribution in [0.2, 0.25) is 0 Å². The Balaban J connectivity index is 1.76. The van der Waals surface area contributed by atoms with Gasteiger partial charge >= 0.3 is 0 Å². The van der Waals surface area contributed by atoms with Gasteiger partial charge in [0.05, 0.1) is 13.7 Å². The number of aliphatic hydroxyl groups is 2. The predicted molar refractivity (Wildman–Crippen MR) is 98.4 cm³/mol. The molecule has 0 unspecified atom stereocenters. The van der Waals surface area contributed by atoms with Crippen LogP contribution in [0.3, 0.4) is 0 Å². The number of rotatable bonds is 6. The van der Waals surface area contributed by atoms with Crippen LogP contribution in [0.15, 0.2) is 48.5 Å². The number of benzene rings is 2. The molecule has 2 atom stereocenters. The number of aliphatic hydroxyl groups excluding tert-OH is 1. The minimum atomic E-state index is -0.909. The number of likely N-dealkylation sites (tertiary alicyclic amines) is 1. The van der Waals surface area contributed by atoms with Crippen LogP contribution in [0.1, 0.15) is 36.5 Å². The summed E-state index contributed by atoms with van der Waals surface area (Å²) in [5, 5.41) is 20.4. The Bertz CT molecular complexity index is 679. The smallest absolute Gasteiger partial charge is 0.118 e. The molecule has 2 N–H and O–H groups in total. The van der Waals surface area contributed by atoms with Gasteiger partial charge in [0.25, 0.3) is 0 Å². The van der Waals surface area contributed by atoms with Gasteiger partial charge in [-0.05, 0) is 55.1 Å². The average molecular weight is 341 g/mol. The lowest BCUT2D eigenvalue weighted by Gasteiger charge is -2.37. The van der Waals surface area contributed by atoms with E-state index in [0.29, 0.717) is 0 Å². The number of nitrogens with zero attached hydrogens (tertiary/aromatic N) is 1. The first-order valence-electron chi connectivity index (χ1n) is 8.84. The number of methoxy groups -OCH3 is 1. The van der Waals surface area contributed by atoms with Crippen LogP contribution in [0.5, 0.6) is 5.75 Å². The molecule has 1 saturated heterocycles. The molecule has 0 radical (unpaired) electrons. The standard InChI is InChI=1S/C21H27NO3/c1-21(24,18-9-11-19(25-2)12-10-18)20-4-3-13-22(20)14-16-5-7-17(15-23)8-6-16/h5-12,20,23-24H,3-4,13-15H2,1-2H3/t20-,21+/m1/s1. The summed E-state index contributed by atoms with van der Waals surface area (Å²) in [6, 6.07) is 15.8. The van der Waals surface area contributed by atoms with Crippen molar-refractivity contribution in [3.63, 3.8) is 0 Å². The van der Waals surface area contributed by atoms with Crippen LogP contribution in [0, 0.1) is 0 Å². The molecule has 0 aliphatic carbocycles. The molecule has 1 heterocycles. The Labute approximate surface area is 149 Å². The van der Waals surface area contributed by atoms with E-state index in [2.05, 4.69) is 17.0 Å². The molecular formula is C21H27NO3. The van der Waals surface area contributed by atoms with Gasteiger partial charge in [-0.3, -0.25) is 4.90 Å². The van der Waals surface area contributed by atoms with Gasteiger partial charge in [0.2, 0.25) is 0 Å². The summed E-state index contributed by atoms with van der Waals surface area (Å²) in [6.45, 7) is 3.77. The molecule has 2 aromatic carbocycles. The van der Waals surface area contributed by atoms with Crippen molar-refractivity contribution in [1.82, 2.24) is 4.90 Å². The van der Waals surface area contributed by atoms with E-state index in [1.54, 1.807) is 7.11 Å². The SMILES string of the molecule is COc1ccc([C@](C)(O)[C@H]2CCCN2Cc2ccc(CO)cc2)cc1. The topological polar surface area (TPSA) is 52.9 Å². The van der Waals surface area contributed by atoms with E-state index in [-0.39, 0.29) is 12.6 Å². The number of hydrogen-bond donors (Lipinski definition) is 2. The summed E-state index contributed by atoms with van der Waals surface area (Å²) in [6.07, 6.45) is 2.07. The Morgan fingerprint density at radius 3 is 2.32 bits per heavy atom. The number of hydrogen-bond acceptors (Lipinski definition) is 4. The summed E-state index contributed by atoms with van der Waals surface area (Å²) >= 11 is 0. The summed E-state index contributed by atoms with van der Waals surface area (Å²) in [4.78, 5) is 2.36. The molecule has 0 aromatic heterocycles. The van der Waals surface area contributed by atoms with Gasteiger partial charge in [0.15, 0.2) is 0 Å². The second-order valence-corrected chi connectivity index (χ2v) is 6.98. The highest BCUT2D eigenvalue weighted by molar-refractivity contribution is 5.32. The third kappa shape index (κ3) is 3.87. The molecule has 2 aromatic rings. The van der Waals surface area contributed by atoms with Crippen molar-refractivity contribution in [2.24, 2.45) is 0 Å². The lowest BCUT2D eigenvalue weighted by Crippen LogP contribution is -2.45. The molecule has 4 heteroatoms. The summed E-state index contributed by atoms with van der Waals surface area (Å²) in [5.74, 6) is 0.798. The van der Waals surface area contributed by atoms with Crippen molar-refractivity contribution in [3.8, 4) is 5.75 Å². The fourth-order valence-corrected chi connectivity index (χ4v) is 3.76. The van der Waals surface area contributed by atoms with Gasteiger partial charge in [-0.15, -0.1) is 0 Å². The monoisotopic (exact) mass is 341 g/mol. The highest BCUT2D eigenvalue weighted by atomic mass is 16.5. The second kappa shape index (κ2) is 7.56. The van der Waals surface area contributed by atoms with E-state index in [1.165, 1.54) is 5.56 Å². The van der Waals surface area contributed by atoms with E-state index in [0.717, 1.165) is 42.8 Å². The first kappa shape index (κ1) is 17.9. The molecule has 3 rings (SSSR count). The van der Waals surface area contributed by atoms with Gasteiger partial charge < -0.3 is 14.9 Å². The second-order valence-electron chi connectivity index (χ2n) is 6.98. The largest absolute Gasteiger partial charge is 0.497 e. The molecule has 4 nitrogen and oxygen atoms in total. The summed E-state index contributed by atoms with van der Waals surface area (Å²) in [7, 11) is 1.65.